The maximum Gasteiger partial charge on any atom is 0.166 e. The monoisotopic (exact) mass is 616 g/mol. The van der Waals surface area contributed by atoms with E-state index in [1.807, 2.05) is 60.7 Å². The van der Waals surface area contributed by atoms with E-state index in [1.54, 1.807) is 0 Å². The molecule has 1 aliphatic heterocycles. The second-order valence-electron chi connectivity index (χ2n) is 12.6. The van der Waals surface area contributed by atoms with E-state index in [-0.39, 0.29) is 0 Å². The molecule has 5 nitrogen and oxygen atoms in total. The van der Waals surface area contributed by atoms with Crippen molar-refractivity contribution < 1.29 is 4.42 Å². The number of aromatic nitrogens is 3. The number of hydrogen-bond acceptors (Lipinski definition) is 5. The topological polar surface area (TPSA) is 55.1 Å². The fourth-order valence-electron chi connectivity index (χ4n) is 7.37. The lowest BCUT2D eigenvalue weighted by molar-refractivity contribution is 0.386. The lowest BCUT2D eigenvalue weighted by Gasteiger charge is -2.22. The maximum absolute atomic E-state index is 6.66. The summed E-state index contributed by atoms with van der Waals surface area (Å²) in [4.78, 5) is 17.1. The van der Waals surface area contributed by atoms with Crippen LogP contribution in [0, 0.1) is 0 Å². The molecule has 0 saturated carbocycles. The summed E-state index contributed by atoms with van der Waals surface area (Å²) >= 11 is 0. The van der Waals surface area contributed by atoms with Crippen LogP contribution < -0.4 is 0 Å². The third kappa shape index (κ3) is 4.14. The maximum atomic E-state index is 6.66. The van der Waals surface area contributed by atoms with E-state index in [2.05, 4.69) is 90.9 Å². The second-order valence-corrected chi connectivity index (χ2v) is 12.6. The van der Waals surface area contributed by atoms with E-state index in [4.69, 9.17) is 19.4 Å². The minimum Gasteiger partial charge on any atom is -0.458 e. The minimum absolute atomic E-state index is 0.620. The van der Waals surface area contributed by atoms with Crippen molar-refractivity contribution in [2.75, 3.05) is 7.05 Å². The van der Waals surface area contributed by atoms with Crippen LogP contribution in [0.4, 0.5) is 0 Å². The molecule has 0 atom stereocenters. The minimum atomic E-state index is 0.620. The zero-order valence-corrected chi connectivity index (χ0v) is 26.2. The van der Waals surface area contributed by atoms with Crippen molar-refractivity contribution >= 4 is 27.3 Å². The largest absolute Gasteiger partial charge is 0.458 e. The van der Waals surface area contributed by atoms with Gasteiger partial charge < -0.3 is 9.32 Å². The highest BCUT2D eigenvalue weighted by molar-refractivity contribution is 6.16. The Morgan fingerprint density at radius 2 is 1.19 bits per heavy atom. The van der Waals surface area contributed by atoms with E-state index in [0.717, 1.165) is 44.6 Å². The van der Waals surface area contributed by atoms with Gasteiger partial charge in [0.05, 0.1) is 6.54 Å². The molecule has 0 unspecified atom stereocenters. The summed E-state index contributed by atoms with van der Waals surface area (Å²) in [7, 11) is 2.06. The van der Waals surface area contributed by atoms with Crippen LogP contribution in [0.15, 0.2) is 144 Å². The van der Waals surface area contributed by atoms with E-state index in [0.29, 0.717) is 24.0 Å². The van der Waals surface area contributed by atoms with Gasteiger partial charge in [-0.05, 0) is 68.4 Å². The highest BCUT2D eigenvalue weighted by Gasteiger charge is 2.28. The number of benzene rings is 6. The number of rotatable bonds is 4. The summed E-state index contributed by atoms with van der Waals surface area (Å²) in [5.74, 6) is 2.80. The van der Waals surface area contributed by atoms with Crippen LogP contribution in [0.1, 0.15) is 17.1 Å². The molecule has 3 heterocycles. The van der Waals surface area contributed by atoms with Crippen LogP contribution in [-0.4, -0.2) is 26.9 Å². The molecule has 226 valence electrons. The van der Waals surface area contributed by atoms with E-state index in [1.165, 1.54) is 38.6 Å². The lowest BCUT2D eigenvalue weighted by Crippen LogP contribution is -2.17. The van der Waals surface area contributed by atoms with Gasteiger partial charge in [-0.25, -0.2) is 15.0 Å². The summed E-state index contributed by atoms with van der Waals surface area (Å²) < 4.78 is 6.66. The smallest absolute Gasteiger partial charge is 0.166 e. The molecule has 2 aliphatic rings. The van der Waals surface area contributed by atoms with Gasteiger partial charge in [0.25, 0.3) is 0 Å². The molecular weight excluding hydrogens is 589 g/mol. The Balaban J connectivity index is 1.12. The number of hydrogen-bond donors (Lipinski definition) is 0. The summed E-state index contributed by atoms with van der Waals surface area (Å²) in [6, 6.07) is 46.7. The lowest BCUT2D eigenvalue weighted by atomic mass is 9.94. The molecule has 0 radical (unpaired) electrons. The van der Waals surface area contributed by atoms with Gasteiger partial charge in [0, 0.05) is 40.9 Å². The highest BCUT2D eigenvalue weighted by atomic mass is 16.3. The molecule has 0 fully saturated rings. The van der Waals surface area contributed by atoms with Crippen molar-refractivity contribution in [3.05, 3.63) is 157 Å². The third-order valence-electron chi connectivity index (χ3n) is 9.53. The highest BCUT2D eigenvalue weighted by Crippen LogP contribution is 2.49. The molecule has 0 amide bonds. The van der Waals surface area contributed by atoms with Gasteiger partial charge in [-0.2, -0.15) is 0 Å². The van der Waals surface area contributed by atoms with Crippen molar-refractivity contribution in [2.45, 2.75) is 6.54 Å². The molecule has 0 bridgehead atoms. The molecule has 0 spiro atoms. The van der Waals surface area contributed by atoms with Gasteiger partial charge in [0.2, 0.25) is 0 Å². The van der Waals surface area contributed by atoms with Gasteiger partial charge in [0.1, 0.15) is 11.3 Å². The Hall–Kier alpha value is -6.33. The molecule has 6 aromatic carbocycles. The molecular formula is C43H28N4O. The summed E-state index contributed by atoms with van der Waals surface area (Å²) in [6.07, 6.45) is 2.13. The van der Waals surface area contributed by atoms with Crippen LogP contribution in [0.2, 0.25) is 0 Å². The first-order valence-corrected chi connectivity index (χ1v) is 16.2. The van der Waals surface area contributed by atoms with E-state index < -0.39 is 0 Å². The van der Waals surface area contributed by atoms with E-state index in [9.17, 15) is 0 Å². The zero-order chi connectivity index (χ0) is 31.8. The second kappa shape index (κ2) is 10.3. The van der Waals surface area contributed by atoms with Crippen LogP contribution in [0.3, 0.4) is 0 Å². The first kappa shape index (κ1) is 26.8. The van der Waals surface area contributed by atoms with Gasteiger partial charge in [-0.15, -0.1) is 0 Å². The van der Waals surface area contributed by atoms with Crippen molar-refractivity contribution in [2.24, 2.45) is 0 Å². The van der Waals surface area contributed by atoms with Gasteiger partial charge in [-0.1, -0.05) is 109 Å². The van der Waals surface area contributed by atoms with Crippen LogP contribution >= 0.6 is 0 Å². The van der Waals surface area contributed by atoms with Crippen LogP contribution in [0.5, 0.6) is 0 Å². The van der Waals surface area contributed by atoms with Crippen LogP contribution in [-0.2, 0) is 6.54 Å². The predicted octanol–water partition coefficient (Wildman–Crippen LogP) is 10.3. The van der Waals surface area contributed by atoms with Gasteiger partial charge in [0.15, 0.2) is 17.5 Å². The average Bonchev–Trinajstić information content (AvgIpc) is 3.67. The molecule has 1 aliphatic carbocycles. The van der Waals surface area contributed by atoms with Gasteiger partial charge in [-0.3, -0.25) is 0 Å². The SMILES string of the molecule is CN1C=C(c2nc(-c3ccccc3)nc(-c3ccccc3)n2)c2c(oc3cc(-c4cc5c6c(cccc6c4)-c4ccccc4-5)ccc23)C1. The third-order valence-corrected chi connectivity index (χ3v) is 9.53. The average molecular weight is 617 g/mol. The molecule has 48 heavy (non-hydrogen) atoms. The van der Waals surface area contributed by atoms with Crippen molar-refractivity contribution in [3.8, 4) is 56.2 Å². The molecule has 2 aromatic heterocycles. The Morgan fingerprint density at radius 3 is 1.92 bits per heavy atom. The van der Waals surface area contributed by atoms with E-state index >= 15 is 0 Å². The number of fused-ring (bicyclic) bond motifs is 6. The molecule has 10 rings (SSSR count). The Morgan fingerprint density at radius 1 is 0.542 bits per heavy atom. The molecule has 5 heteroatoms. The zero-order valence-electron chi connectivity index (χ0n) is 26.2. The fourth-order valence-corrected chi connectivity index (χ4v) is 7.37. The van der Waals surface area contributed by atoms with Gasteiger partial charge >= 0.3 is 0 Å². The Bertz CT molecular complexity index is 2550. The fraction of sp³-hybridized carbons (Fsp3) is 0.0465. The molecule has 8 aromatic rings. The Kier molecular flexibility index (Phi) is 5.78. The summed E-state index contributed by atoms with van der Waals surface area (Å²) in [5.41, 5.74) is 12.2. The summed E-state index contributed by atoms with van der Waals surface area (Å²) in [5, 5.41) is 3.63. The summed E-state index contributed by atoms with van der Waals surface area (Å²) in [6.45, 7) is 0.657. The number of furan rings is 1. The van der Waals surface area contributed by atoms with Crippen LogP contribution in [0.25, 0.3) is 83.5 Å². The Labute approximate surface area is 277 Å². The molecule has 0 N–H and O–H groups in total. The van der Waals surface area contributed by atoms with Crippen molar-refractivity contribution in [1.29, 1.82) is 0 Å². The number of nitrogens with zero attached hydrogens (tertiary/aromatic N) is 4. The first-order valence-electron chi connectivity index (χ1n) is 16.2. The van der Waals surface area contributed by atoms with Crippen molar-refractivity contribution in [3.63, 3.8) is 0 Å². The standard InChI is InChI=1S/C43H28N4O/c1-47-24-36(43-45-41(26-11-4-2-5-12-26)44-42(46-43)27-13-6-3-7-14-27)40-34-20-19-28(23-37(34)48-38(40)25-47)30-21-29-15-10-18-33-31-16-8-9-17-32(31)35(22-30)39(29)33/h2-24H,25H2,1H3. The normalized spacial score (nSPS) is 13.1. The first-order chi connectivity index (χ1) is 23.7. The molecule has 0 saturated heterocycles. The predicted molar refractivity (Wildman–Crippen MR) is 193 cm³/mol. The quantitative estimate of drug-likeness (QED) is 0.197. The van der Waals surface area contributed by atoms with Crippen molar-refractivity contribution in [1.82, 2.24) is 19.9 Å².